The molecule has 0 aromatic heterocycles. The van der Waals surface area contributed by atoms with Crippen LogP contribution in [0.4, 0.5) is 8.78 Å². The summed E-state index contributed by atoms with van der Waals surface area (Å²) in [5, 5.41) is 3.03. The van der Waals surface area contributed by atoms with E-state index in [1.54, 1.807) is 12.1 Å². The fraction of sp³-hybridized carbons (Fsp3) is 0.600. The average Bonchev–Trinajstić information content (AvgIpc) is 2.41. The molecule has 2 nitrogen and oxygen atoms in total. The molecule has 1 fully saturated rings. The second kappa shape index (κ2) is 6.33. The number of alkyl halides is 1. The molecule has 1 aromatic rings. The quantitative estimate of drug-likeness (QED) is 0.882. The zero-order valence-corrected chi connectivity index (χ0v) is 11.3. The van der Waals surface area contributed by atoms with Crippen LogP contribution >= 0.6 is 0 Å². The third-order valence-corrected chi connectivity index (χ3v) is 3.79. The van der Waals surface area contributed by atoms with E-state index in [-0.39, 0.29) is 12.4 Å². The minimum Gasteiger partial charge on any atom is -0.496 e. The van der Waals surface area contributed by atoms with Gasteiger partial charge in [-0.25, -0.2) is 8.78 Å². The molecule has 2 rings (SSSR count). The van der Waals surface area contributed by atoms with E-state index >= 15 is 0 Å². The first-order chi connectivity index (χ1) is 9.14. The Morgan fingerprint density at radius 1 is 1.26 bits per heavy atom. The minimum absolute atomic E-state index is 0.282. The molecule has 0 spiro atoms. The summed E-state index contributed by atoms with van der Waals surface area (Å²) >= 11 is 0. The molecule has 19 heavy (non-hydrogen) atoms. The first-order valence-electron chi connectivity index (χ1n) is 6.86. The third-order valence-electron chi connectivity index (χ3n) is 3.79. The molecule has 1 aliphatic rings. The summed E-state index contributed by atoms with van der Waals surface area (Å²) in [7, 11) is 1.51. The molecule has 0 unspecified atom stereocenters. The van der Waals surface area contributed by atoms with Crippen LogP contribution in [0.15, 0.2) is 18.2 Å². The Balaban J connectivity index is 1.92. The van der Waals surface area contributed by atoms with Gasteiger partial charge >= 0.3 is 0 Å². The standard InChI is InChI=1S/C15H21F2NO/c1-19-14-7-5-6-13(16)12(14)10-18-11-15(17)8-3-2-4-9-15/h5-7,18H,2-4,8-11H2,1H3. The number of hydrogen-bond donors (Lipinski definition) is 1. The first-order valence-corrected chi connectivity index (χ1v) is 6.86. The normalized spacial score (nSPS) is 18.3. The molecule has 0 saturated heterocycles. The molecule has 0 bridgehead atoms. The highest BCUT2D eigenvalue weighted by atomic mass is 19.1. The van der Waals surface area contributed by atoms with Crippen LogP contribution in [0.5, 0.6) is 5.75 Å². The van der Waals surface area contributed by atoms with Crippen molar-refractivity contribution >= 4 is 0 Å². The second-order valence-electron chi connectivity index (χ2n) is 5.24. The van der Waals surface area contributed by atoms with Gasteiger partial charge in [0.1, 0.15) is 17.2 Å². The summed E-state index contributed by atoms with van der Waals surface area (Å²) in [6, 6.07) is 4.72. The van der Waals surface area contributed by atoms with Crippen molar-refractivity contribution in [3.05, 3.63) is 29.6 Å². The van der Waals surface area contributed by atoms with Gasteiger partial charge in [-0.2, -0.15) is 0 Å². The number of halogens is 2. The van der Waals surface area contributed by atoms with E-state index in [4.69, 9.17) is 4.74 Å². The van der Waals surface area contributed by atoms with Crippen LogP contribution < -0.4 is 10.1 Å². The molecule has 0 aliphatic heterocycles. The van der Waals surface area contributed by atoms with E-state index in [1.165, 1.54) is 13.2 Å². The number of benzene rings is 1. The lowest BCUT2D eigenvalue weighted by Gasteiger charge is -2.29. The van der Waals surface area contributed by atoms with E-state index in [2.05, 4.69) is 5.32 Å². The fourth-order valence-corrected chi connectivity index (χ4v) is 2.68. The van der Waals surface area contributed by atoms with Gasteiger partial charge in [-0.1, -0.05) is 25.3 Å². The number of rotatable bonds is 5. The molecule has 0 radical (unpaired) electrons. The SMILES string of the molecule is COc1cccc(F)c1CNCC1(F)CCCCC1. The lowest BCUT2D eigenvalue weighted by Crippen LogP contribution is -2.38. The molecule has 0 amide bonds. The molecular formula is C15H21F2NO. The van der Waals surface area contributed by atoms with E-state index in [9.17, 15) is 8.78 Å². The lowest BCUT2D eigenvalue weighted by atomic mass is 9.86. The molecule has 106 valence electrons. The zero-order valence-electron chi connectivity index (χ0n) is 11.3. The predicted octanol–water partition coefficient (Wildman–Crippen LogP) is 3.60. The Morgan fingerprint density at radius 3 is 2.68 bits per heavy atom. The van der Waals surface area contributed by atoms with Crippen molar-refractivity contribution in [2.75, 3.05) is 13.7 Å². The maximum atomic E-state index is 14.4. The van der Waals surface area contributed by atoms with Crippen molar-refractivity contribution in [2.45, 2.75) is 44.3 Å². The topological polar surface area (TPSA) is 21.3 Å². The van der Waals surface area contributed by atoms with Crippen molar-refractivity contribution in [1.29, 1.82) is 0 Å². The number of ether oxygens (including phenoxy) is 1. The Bertz CT molecular complexity index is 417. The second-order valence-corrected chi connectivity index (χ2v) is 5.24. The van der Waals surface area contributed by atoms with Gasteiger partial charge in [0.2, 0.25) is 0 Å². The van der Waals surface area contributed by atoms with Crippen LogP contribution in [0.25, 0.3) is 0 Å². The number of hydrogen-bond acceptors (Lipinski definition) is 2. The summed E-state index contributed by atoms with van der Waals surface area (Å²) < 4.78 is 33.2. The van der Waals surface area contributed by atoms with Gasteiger partial charge < -0.3 is 10.1 Å². The van der Waals surface area contributed by atoms with Gasteiger partial charge in [-0.3, -0.25) is 0 Å². The van der Waals surface area contributed by atoms with Crippen LogP contribution in [0.3, 0.4) is 0 Å². The highest BCUT2D eigenvalue weighted by Crippen LogP contribution is 2.31. The summed E-state index contributed by atoms with van der Waals surface area (Å²) in [4.78, 5) is 0. The number of nitrogens with one attached hydrogen (secondary N) is 1. The largest absolute Gasteiger partial charge is 0.496 e. The van der Waals surface area contributed by atoms with E-state index in [0.717, 1.165) is 19.3 Å². The zero-order chi connectivity index (χ0) is 13.7. The van der Waals surface area contributed by atoms with Gasteiger partial charge in [-0.05, 0) is 25.0 Å². The van der Waals surface area contributed by atoms with Crippen molar-refractivity contribution in [2.24, 2.45) is 0 Å². The Morgan fingerprint density at radius 2 is 2.00 bits per heavy atom. The Labute approximate surface area is 113 Å². The molecule has 1 saturated carbocycles. The van der Waals surface area contributed by atoms with Gasteiger partial charge in [0, 0.05) is 18.7 Å². The summed E-state index contributed by atoms with van der Waals surface area (Å²) in [6.45, 7) is 0.575. The predicted molar refractivity (Wildman–Crippen MR) is 71.6 cm³/mol. The van der Waals surface area contributed by atoms with Crippen LogP contribution in [-0.2, 0) is 6.54 Å². The van der Waals surface area contributed by atoms with Crippen LogP contribution in [0, 0.1) is 5.82 Å². The summed E-state index contributed by atoms with van der Waals surface area (Å²) in [6.07, 6.45) is 4.22. The van der Waals surface area contributed by atoms with Crippen molar-refractivity contribution in [3.63, 3.8) is 0 Å². The highest BCUT2D eigenvalue weighted by molar-refractivity contribution is 5.34. The highest BCUT2D eigenvalue weighted by Gasteiger charge is 2.31. The van der Waals surface area contributed by atoms with E-state index in [0.29, 0.717) is 30.7 Å². The van der Waals surface area contributed by atoms with Crippen LogP contribution in [0.2, 0.25) is 0 Å². The fourth-order valence-electron chi connectivity index (χ4n) is 2.68. The molecule has 4 heteroatoms. The Kier molecular flexibility index (Phi) is 4.75. The monoisotopic (exact) mass is 269 g/mol. The van der Waals surface area contributed by atoms with Gasteiger partial charge in [-0.15, -0.1) is 0 Å². The third kappa shape index (κ3) is 3.66. The molecule has 0 atom stereocenters. The molecule has 1 N–H and O–H groups in total. The van der Waals surface area contributed by atoms with Crippen LogP contribution in [-0.4, -0.2) is 19.3 Å². The molecular weight excluding hydrogens is 248 g/mol. The smallest absolute Gasteiger partial charge is 0.131 e. The van der Waals surface area contributed by atoms with Crippen molar-refractivity contribution in [3.8, 4) is 5.75 Å². The first kappa shape index (κ1) is 14.3. The average molecular weight is 269 g/mol. The van der Waals surface area contributed by atoms with E-state index in [1.807, 2.05) is 0 Å². The minimum atomic E-state index is -1.13. The summed E-state index contributed by atoms with van der Waals surface area (Å²) in [5.74, 6) is 0.187. The number of methoxy groups -OCH3 is 1. The van der Waals surface area contributed by atoms with Gasteiger partial charge in [0.25, 0.3) is 0 Å². The van der Waals surface area contributed by atoms with Gasteiger partial charge in [0.15, 0.2) is 0 Å². The maximum Gasteiger partial charge on any atom is 0.131 e. The molecule has 0 heterocycles. The Hall–Kier alpha value is -1.16. The lowest BCUT2D eigenvalue weighted by molar-refractivity contribution is 0.105. The molecule has 1 aliphatic carbocycles. The van der Waals surface area contributed by atoms with Crippen LogP contribution in [0.1, 0.15) is 37.7 Å². The van der Waals surface area contributed by atoms with Crippen molar-refractivity contribution in [1.82, 2.24) is 5.32 Å². The van der Waals surface area contributed by atoms with Gasteiger partial charge in [0.05, 0.1) is 7.11 Å². The summed E-state index contributed by atoms with van der Waals surface area (Å²) in [5.41, 5.74) is -0.666. The maximum absolute atomic E-state index is 14.4. The molecule has 1 aromatic carbocycles. The van der Waals surface area contributed by atoms with Crippen molar-refractivity contribution < 1.29 is 13.5 Å². The van der Waals surface area contributed by atoms with E-state index < -0.39 is 5.67 Å².